The Morgan fingerprint density at radius 3 is 2.61 bits per heavy atom. The summed E-state index contributed by atoms with van der Waals surface area (Å²) in [5.74, 6) is 0.493. The molecule has 0 spiro atoms. The van der Waals surface area contributed by atoms with Gasteiger partial charge in [-0.1, -0.05) is 23.9 Å². The lowest BCUT2D eigenvalue weighted by molar-refractivity contribution is -0.120. The molecule has 5 nitrogen and oxygen atoms in total. The number of carbonyl (C=O) groups excluding carboxylic acids is 1. The zero-order valence-corrected chi connectivity index (χ0v) is 16.6. The Bertz CT molecular complexity index is 910. The summed E-state index contributed by atoms with van der Waals surface area (Å²) in [5, 5.41) is 3.31. The summed E-state index contributed by atoms with van der Waals surface area (Å²) in [5.41, 5.74) is 2.77. The van der Waals surface area contributed by atoms with Crippen molar-refractivity contribution in [3.8, 4) is 17.0 Å². The Morgan fingerprint density at radius 2 is 1.93 bits per heavy atom. The van der Waals surface area contributed by atoms with Gasteiger partial charge in [-0.25, -0.2) is 9.37 Å². The molecule has 3 rings (SSSR count). The van der Waals surface area contributed by atoms with Crippen LogP contribution in [0.3, 0.4) is 0 Å². The number of hydrogen-bond acceptors (Lipinski definition) is 4. The van der Waals surface area contributed by atoms with Crippen molar-refractivity contribution in [3.05, 3.63) is 66.1 Å². The number of aromatic nitrogens is 2. The Morgan fingerprint density at radius 1 is 1.21 bits per heavy atom. The fourth-order valence-corrected chi connectivity index (χ4v) is 3.43. The molecule has 1 heterocycles. The number of benzene rings is 2. The molecule has 0 aliphatic heterocycles. The molecule has 0 aliphatic rings. The third-order valence-corrected chi connectivity index (χ3v) is 5.24. The molecular formula is C21H22FN3O2S. The van der Waals surface area contributed by atoms with E-state index < -0.39 is 0 Å². The van der Waals surface area contributed by atoms with E-state index in [1.807, 2.05) is 31.2 Å². The summed E-state index contributed by atoms with van der Waals surface area (Å²) in [4.78, 5) is 19.8. The topological polar surface area (TPSA) is 67.0 Å². The van der Waals surface area contributed by atoms with E-state index in [0.717, 1.165) is 29.0 Å². The first-order valence-electron chi connectivity index (χ1n) is 8.93. The van der Waals surface area contributed by atoms with Crippen LogP contribution < -0.4 is 10.1 Å². The Labute approximate surface area is 167 Å². The lowest BCUT2D eigenvalue weighted by Gasteiger charge is -2.11. The number of methoxy groups -OCH3 is 1. The third-order valence-electron chi connectivity index (χ3n) is 4.24. The van der Waals surface area contributed by atoms with E-state index in [1.54, 1.807) is 25.4 Å². The van der Waals surface area contributed by atoms with Gasteiger partial charge in [0.1, 0.15) is 11.6 Å². The van der Waals surface area contributed by atoms with Crippen molar-refractivity contribution in [2.75, 3.05) is 13.7 Å². The molecule has 146 valence electrons. The van der Waals surface area contributed by atoms with Gasteiger partial charge in [0.25, 0.3) is 0 Å². The summed E-state index contributed by atoms with van der Waals surface area (Å²) in [6.07, 6.45) is 2.44. The second-order valence-electron chi connectivity index (χ2n) is 6.26. The van der Waals surface area contributed by atoms with E-state index in [0.29, 0.717) is 11.7 Å². The maximum Gasteiger partial charge on any atom is 0.233 e. The molecule has 1 atom stereocenters. The van der Waals surface area contributed by atoms with Gasteiger partial charge in [-0.2, -0.15) is 0 Å². The normalized spacial score (nSPS) is 11.8. The molecule has 0 radical (unpaired) electrons. The number of aromatic amines is 1. The van der Waals surface area contributed by atoms with Gasteiger partial charge < -0.3 is 15.0 Å². The molecule has 28 heavy (non-hydrogen) atoms. The highest BCUT2D eigenvalue weighted by molar-refractivity contribution is 8.00. The van der Waals surface area contributed by atoms with Crippen molar-refractivity contribution in [3.63, 3.8) is 0 Å². The smallest absolute Gasteiger partial charge is 0.233 e. The molecule has 2 aromatic carbocycles. The van der Waals surface area contributed by atoms with Crippen LogP contribution in [0.15, 0.2) is 59.9 Å². The summed E-state index contributed by atoms with van der Waals surface area (Å²) < 4.78 is 18.2. The van der Waals surface area contributed by atoms with Crippen LogP contribution in [-0.4, -0.2) is 34.8 Å². The molecule has 0 bridgehead atoms. The first-order valence-corrected chi connectivity index (χ1v) is 9.81. The molecule has 0 fully saturated rings. The fourth-order valence-electron chi connectivity index (χ4n) is 2.63. The highest BCUT2D eigenvalue weighted by Crippen LogP contribution is 2.24. The highest BCUT2D eigenvalue weighted by atomic mass is 32.2. The fraction of sp³-hybridized carbons (Fsp3) is 0.238. The number of carbonyl (C=O) groups is 1. The summed E-state index contributed by atoms with van der Waals surface area (Å²) >= 11 is 1.35. The van der Waals surface area contributed by atoms with Crippen LogP contribution in [0.2, 0.25) is 0 Å². The monoisotopic (exact) mass is 399 g/mol. The summed E-state index contributed by atoms with van der Waals surface area (Å²) in [7, 11) is 1.63. The number of thioether (sulfide) groups is 1. The van der Waals surface area contributed by atoms with E-state index in [4.69, 9.17) is 4.74 Å². The lowest BCUT2D eigenvalue weighted by atomic mass is 10.1. The number of nitrogens with zero attached hydrogens (tertiary/aromatic N) is 1. The number of ether oxygens (including phenoxy) is 1. The van der Waals surface area contributed by atoms with E-state index in [2.05, 4.69) is 15.3 Å². The zero-order valence-electron chi connectivity index (χ0n) is 15.7. The van der Waals surface area contributed by atoms with Gasteiger partial charge in [0.15, 0.2) is 5.16 Å². The number of halogens is 1. The quantitative estimate of drug-likeness (QED) is 0.561. The molecule has 0 saturated carbocycles. The summed E-state index contributed by atoms with van der Waals surface area (Å²) in [6, 6.07) is 14.0. The number of imidazole rings is 1. The number of nitrogens with one attached hydrogen (secondary N) is 2. The first kappa shape index (κ1) is 19.9. The van der Waals surface area contributed by atoms with Crippen LogP contribution in [0, 0.1) is 5.82 Å². The minimum absolute atomic E-state index is 0.0433. The van der Waals surface area contributed by atoms with Gasteiger partial charge >= 0.3 is 0 Å². The third kappa shape index (κ3) is 5.36. The van der Waals surface area contributed by atoms with Crippen LogP contribution >= 0.6 is 11.8 Å². The van der Waals surface area contributed by atoms with Crippen LogP contribution in [0.1, 0.15) is 12.5 Å². The maximum absolute atomic E-state index is 13.0. The Balaban J connectivity index is 1.48. The van der Waals surface area contributed by atoms with Crippen LogP contribution in [-0.2, 0) is 11.2 Å². The average molecular weight is 399 g/mol. The van der Waals surface area contributed by atoms with Crippen molar-refractivity contribution in [2.24, 2.45) is 0 Å². The molecule has 1 aromatic heterocycles. The number of hydrogen-bond donors (Lipinski definition) is 2. The van der Waals surface area contributed by atoms with Crippen molar-refractivity contribution in [1.29, 1.82) is 0 Å². The molecule has 0 aliphatic carbocycles. The van der Waals surface area contributed by atoms with Crippen LogP contribution in [0.4, 0.5) is 4.39 Å². The Kier molecular flexibility index (Phi) is 6.71. The maximum atomic E-state index is 13.0. The van der Waals surface area contributed by atoms with Crippen molar-refractivity contribution in [1.82, 2.24) is 15.3 Å². The van der Waals surface area contributed by atoms with Crippen LogP contribution in [0.25, 0.3) is 11.3 Å². The number of H-pyrrole nitrogens is 1. The molecular weight excluding hydrogens is 377 g/mol. The van der Waals surface area contributed by atoms with E-state index >= 15 is 0 Å². The second kappa shape index (κ2) is 9.41. The molecule has 2 N–H and O–H groups in total. The standard InChI is InChI=1S/C21H22FN3O2S/c1-14(20(26)23-12-11-15-3-9-18(27-2)10-4-15)28-21-24-13-19(25-21)16-5-7-17(22)8-6-16/h3-10,13-14H,11-12H2,1-2H3,(H,23,26)(H,24,25). The van der Waals surface area contributed by atoms with E-state index in [9.17, 15) is 9.18 Å². The van der Waals surface area contributed by atoms with Gasteiger partial charge in [0.2, 0.25) is 5.91 Å². The minimum Gasteiger partial charge on any atom is -0.497 e. The first-order chi connectivity index (χ1) is 13.5. The lowest BCUT2D eigenvalue weighted by Crippen LogP contribution is -2.32. The van der Waals surface area contributed by atoms with Gasteiger partial charge in [-0.05, 0) is 60.9 Å². The van der Waals surface area contributed by atoms with Gasteiger partial charge in [-0.3, -0.25) is 4.79 Å². The zero-order chi connectivity index (χ0) is 19.9. The minimum atomic E-state index is -0.289. The molecule has 1 amide bonds. The Hall–Kier alpha value is -2.80. The predicted octanol–water partition coefficient (Wildman–Crippen LogP) is 4.06. The van der Waals surface area contributed by atoms with Crippen LogP contribution in [0.5, 0.6) is 5.75 Å². The molecule has 3 aromatic rings. The number of rotatable bonds is 8. The molecule has 7 heteroatoms. The van der Waals surface area contributed by atoms with Gasteiger partial charge in [0, 0.05) is 6.54 Å². The average Bonchev–Trinajstić information content (AvgIpc) is 3.17. The van der Waals surface area contributed by atoms with Crippen molar-refractivity contribution >= 4 is 17.7 Å². The summed E-state index contributed by atoms with van der Waals surface area (Å²) in [6.45, 7) is 2.41. The highest BCUT2D eigenvalue weighted by Gasteiger charge is 2.16. The van der Waals surface area contributed by atoms with Crippen molar-refractivity contribution in [2.45, 2.75) is 23.8 Å². The van der Waals surface area contributed by atoms with E-state index in [1.165, 1.54) is 23.9 Å². The molecule has 0 saturated heterocycles. The predicted molar refractivity (Wildman–Crippen MR) is 109 cm³/mol. The van der Waals surface area contributed by atoms with Gasteiger partial charge in [0.05, 0.1) is 24.3 Å². The SMILES string of the molecule is COc1ccc(CCNC(=O)C(C)Sc2ncc(-c3ccc(F)cc3)[nH]2)cc1. The van der Waals surface area contributed by atoms with Crippen molar-refractivity contribution < 1.29 is 13.9 Å². The van der Waals surface area contributed by atoms with Gasteiger partial charge in [-0.15, -0.1) is 0 Å². The molecule has 1 unspecified atom stereocenters. The number of amides is 1. The largest absolute Gasteiger partial charge is 0.497 e. The second-order valence-corrected chi connectivity index (χ2v) is 7.59. The van der Waals surface area contributed by atoms with E-state index in [-0.39, 0.29) is 17.0 Å².